The summed E-state index contributed by atoms with van der Waals surface area (Å²) in [4.78, 5) is 12.6. The first kappa shape index (κ1) is 24.3. The smallest absolute Gasteiger partial charge is 0.383 e. The van der Waals surface area contributed by atoms with Gasteiger partial charge in [0.15, 0.2) is 17.1 Å². The second-order valence-electron chi connectivity index (χ2n) is 7.58. The molecule has 2 aromatic rings. The van der Waals surface area contributed by atoms with Crippen molar-refractivity contribution in [2.24, 2.45) is 0 Å². The van der Waals surface area contributed by atoms with Crippen LogP contribution in [0.2, 0.25) is 0 Å². The van der Waals surface area contributed by atoms with Crippen LogP contribution < -0.4 is 19.8 Å². The van der Waals surface area contributed by atoms with E-state index in [9.17, 15) is 4.79 Å². The molecule has 0 aliphatic heterocycles. The maximum Gasteiger partial charge on any atom is 0.383 e. The predicted molar refractivity (Wildman–Crippen MR) is 126 cm³/mol. The molecule has 1 heterocycles. The zero-order valence-corrected chi connectivity index (χ0v) is 19.3. The number of allylic oxidation sites excluding steroid dienone is 4. The van der Waals surface area contributed by atoms with Gasteiger partial charge in [-0.1, -0.05) is 42.4 Å². The van der Waals surface area contributed by atoms with Crippen LogP contribution in [-0.2, 0) is 0 Å². The molecule has 0 saturated heterocycles. The number of rotatable bonds is 12. The van der Waals surface area contributed by atoms with Crippen molar-refractivity contribution in [3.8, 4) is 17.2 Å². The van der Waals surface area contributed by atoms with E-state index in [0.29, 0.717) is 29.1 Å². The van der Waals surface area contributed by atoms with Crippen LogP contribution in [0.25, 0.3) is 11.0 Å². The summed E-state index contributed by atoms with van der Waals surface area (Å²) in [7, 11) is 1.52. The molecule has 0 amide bonds. The van der Waals surface area contributed by atoms with E-state index in [-0.39, 0.29) is 12.4 Å². The lowest BCUT2D eigenvalue weighted by atomic mass is 10.1. The molecule has 168 valence electrons. The van der Waals surface area contributed by atoms with Gasteiger partial charge in [0.1, 0.15) is 6.61 Å². The van der Waals surface area contributed by atoms with Crippen molar-refractivity contribution in [1.82, 2.24) is 0 Å². The molecule has 1 aromatic carbocycles. The lowest BCUT2D eigenvalue weighted by Gasteiger charge is -2.13. The Morgan fingerprint density at radius 1 is 1.03 bits per heavy atom. The van der Waals surface area contributed by atoms with E-state index >= 15 is 0 Å². The minimum absolute atomic E-state index is 0.0753. The Balaban J connectivity index is 2.19. The highest BCUT2D eigenvalue weighted by Crippen LogP contribution is 2.36. The Morgan fingerprint density at radius 2 is 1.84 bits per heavy atom. The van der Waals surface area contributed by atoms with Gasteiger partial charge in [-0.2, -0.15) is 0 Å². The van der Waals surface area contributed by atoms with Gasteiger partial charge in [-0.15, -0.1) is 0 Å². The predicted octanol–water partition coefficient (Wildman–Crippen LogP) is 6.61. The summed E-state index contributed by atoms with van der Waals surface area (Å²) in [6.45, 7) is 9.09. The van der Waals surface area contributed by atoms with Crippen molar-refractivity contribution >= 4 is 11.0 Å². The summed E-state index contributed by atoms with van der Waals surface area (Å²) in [6, 6.07) is 5.46. The molecule has 0 saturated carbocycles. The molecule has 31 heavy (non-hydrogen) atoms. The summed E-state index contributed by atoms with van der Waals surface area (Å²) >= 11 is 0. The molecule has 0 bridgehead atoms. The second kappa shape index (κ2) is 12.7. The maximum atomic E-state index is 12.6. The summed E-state index contributed by atoms with van der Waals surface area (Å²) in [5, 5.41) is 0.642. The van der Waals surface area contributed by atoms with Gasteiger partial charge in [0.2, 0.25) is 5.75 Å². The van der Waals surface area contributed by atoms with E-state index in [4.69, 9.17) is 18.6 Å². The molecule has 2 rings (SSSR count). The number of benzene rings is 1. The molecule has 0 fully saturated rings. The number of hydrogen-bond acceptors (Lipinski definition) is 5. The van der Waals surface area contributed by atoms with Crippen LogP contribution in [0.4, 0.5) is 0 Å². The van der Waals surface area contributed by atoms with Crippen LogP contribution in [-0.4, -0.2) is 20.3 Å². The van der Waals surface area contributed by atoms with Gasteiger partial charge >= 0.3 is 5.63 Å². The van der Waals surface area contributed by atoms with E-state index in [2.05, 4.69) is 45.9 Å². The van der Waals surface area contributed by atoms with Crippen molar-refractivity contribution in [2.45, 2.75) is 53.4 Å². The van der Waals surface area contributed by atoms with Gasteiger partial charge in [0.05, 0.1) is 19.1 Å². The highest BCUT2D eigenvalue weighted by molar-refractivity contribution is 5.89. The molecule has 0 N–H and O–H groups in total. The van der Waals surface area contributed by atoms with E-state index in [1.165, 1.54) is 18.3 Å². The number of hydrogen-bond donors (Lipinski definition) is 0. The van der Waals surface area contributed by atoms with Gasteiger partial charge in [0.25, 0.3) is 0 Å². The average Bonchev–Trinajstić information content (AvgIpc) is 2.74. The Bertz CT molecular complexity index is 991. The molecule has 5 heteroatoms. The number of para-hydroxylation sites is 1. The van der Waals surface area contributed by atoms with Crippen LogP contribution in [0.3, 0.4) is 0 Å². The highest BCUT2D eigenvalue weighted by Gasteiger charge is 2.19. The number of methoxy groups -OCH3 is 1. The van der Waals surface area contributed by atoms with Gasteiger partial charge in [-0.3, -0.25) is 0 Å². The van der Waals surface area contributed by atoms with Crippen molar-refractivity contribution in [2.75, 3.05) is 20.3 Å². The lowest BCUT2D eigenvalue weighted by molar-refractivity contribution is 0.302. The van der Waals surface area contributed by atoms with E-state index in [0.717, 1.165) is 25.7 Å². The van der Waals surface area contributed by atoms with Crippen LogP contribution in [0.5, 0.6) is 17.2 Å². The third-order valence-corrected chi connectivity index (χ3v) is 4.71. The Kier molecular flexibility index (Phi) is 9.95. The lowest BCUT2D eigenvalue weighted by Crippen LogP contribution is -2.10. The van der Waals surface area contributed by atoms with E-state index in [1.807, 2.05) is 18.2 Å². The summed E-state index contributed by atoms with van der Waals surface area (Å²) in [5.74, 6) is 0.948. The molecule has 0 atom stereocenters. The van der Waals surface area contributed by atoms with Crippen molar-refractivity contribution in [3.05, 3.63) is 64.1 Å². The van der Waals surface area contributed by atoms with Crippen LogP contribution in [0.15, 0.2) is 62.9 Å². The largest absolute Gasteiger partial charge is 0.492 e. The van der Waals surface area contributed by atoms with E-state index in [1.54, 1.807) is 6.07 Å². The minimum Gasteiger partial charge on any atom is -0.492 e. The summed E-state index contributed by atoms with van der Waals surface area (Å²) in [6.07, 6.45) is 12.1. The number of fused-ring (bicyclic) bond motifs is 1. The molecule has 0 aliphatic carbocycles. The molecular weight excluding hydrogens is 392 g/mol. The Morgan fingerprint density at radius 3 is 2.55 bits per heavy atom. The third-order valence-electron chi connectivity index (χ3n) is 4.71. The standard InChI is InChI=1S/C26H34O5/c1-6-7-8-9-17-29-22-15-11-14-21-23(22)31-26(27)25(24(21)28-5)30-18-16-20(4)13-10-12-19(2)3/h7-8,11-12,14-16H,6,9-10,13,17-18H2,1-5H3/b8-7+,20-16+. The number of ether oxygens (including phenoxy) is 3. The molecule has 0 aliphatic rings. The van der Waals surface area contributed by atoms with Gasteiger partial charge < -0.3 is 18.6 Å². The fourth-order valence-corrected chi connectivity index (χ4v) is 3.07. The first-order valence-electron chi connectivity index (χ1n) is 10.8. The topological polar surface area (TPSA) is 57.9 Å². The molecule has 0 unspecified atom stereocenters. The first-order valence-corrected chi connectivity index (χ1v) is 10.8. The molecule has 0 spiro atoms. The van der Waals surface area contributed by atoms with Gasteiger partial charge in [-0.05, 0) is 64.7 Å². The van der Waals surface area contributed by atoms with Crippen LogP contribution in [0, 0.1) is 0 Å². The van der Waals surface area contributed by atoms with Crippen molar-refractivity contribution < 1.29 is 18.6 Å². The molecule has 1 aromatic heterocycles. The fourth-order valence-electron chi connectivity index (χ4n) is 3.07. The maximum absolute atomic E-state index is 12.6. The molecule has 5 nitrogen and oxygen atoms in total. The quantitative estimate of drug-likeness (QED) is 0.217. The van der Waals surface area contributed by atoms with Crippen molar-refractivity contribution in [3.63, 3.8) is 0 Å². The fraction of sp³-hybridized carbons (Fsp3) is 0.423. The summed E-state index contributed by atoms with van der Waals surface area (Å²) in [5.41, 5.74) is 2.30. The van der Waals surface area contributed by atoms with E-state index < -0.39 is 5.63 Å². The summed E-state index contributed by atoms with van der Waals surface area (Å²) < 4.78 is 22.7. The van der Waals surface area contributed by atoms with Gasteiger partial charge in [-0.25, -0.2) is 4.79 Å². The Labute approximate surface area is 185 Å². The van der Waals surface area contributed by atoms with Crippen molar-refractivity contribution in [1.29, 1.82) is 0 Å². The Hall–Kier alpha value is -2.95. The SMILES string of the molecule is CC/C=C/CCOc1cccc2c(OC)c(OC/C=C(\C)CCC=C(C)C)c(=O)oc12. The zero-order chi connectivity index (χ0) is 22.6. The monoisotopic (exact) mass is 426 g/mol. The van der Waals surface area contributed by atoms with Crippen LogP contribution >= 0.6 is 0 Å². The van der Waals surface area contributed by atoms with Gasteiger partial charge in [0, 0.05) is 0 Å². The highest BCUT2D eigenvalue weighted by atomic mass is 16.5. The normalized spacial score (nSPS) is 11.7. The molecular formula is C26H34O5. The average molecular weight is 427 g/mol. The van der Waals surface area contributed by atoms with Crippen LogP contribution in [0.1, 0.15) is 53.4 Å². The molecule has 0 radical (unpaired) electrons. The first-order chi connectivity index (χ1) is 15.0. The minimum atomic E-state index is -0.582. The second-order valence-corrected chi connectivity index (χ2v) is 7.58. The zero-order valence-electron chi connectivity index (χ0n) is 19.3. The third kappa shape index (κ3) is 7.35.